The molecule has 1 N–H and O–H groups in total. The molecule has 0 amide bonds. The lowest BCUT2D eigenvalue weighted by Crippen LogP contribution is -2.26. The number of aromatic nitrogens is 1. The first-order chi connectivity index (χ1) is 13.0. The molecule has 2 aromatic carbocycles. The maximum Gasteiger partial charge on any atom is 0.199 e. The Morgan fingerprint density at radius 1 is 1.19 bits per heavy atom. The molecule has 140 valence electrons. The molecule has 2 heterocycles. The van der Waals surface area contributed by atoms with Crippen LogP contribution in [0.4, 0.5) is 0 Å². The molecular formula is C22H24N2O2S. The van der Waals surface area contributed by atoms with Gasteiger partial charge in [-0.15, -0.1) is 0 Å². The standard InChI is InChI=1S/C22H24N2O2S/c1-24-12-5-6-19(24)15-18-16-23-22-10-9-17(14-21(18)22)11-13-27(25,26)20-7-3-2-4-8-20/h2-4,7-11,13-14,16,19,23H,5-6,12,15H2,1H3/b13-11+/t19-/m1/s1. The summed E-state index contributed by atoms with van der Waals surface area (Å²) in [5, 5.41) is 2.47. The number of hydrogen-bond acceptors (Lipinski definition) is 3. The number of nitrogens with zero attached hydrogens (tertiary/aromatic N) is 1. The average Bonchev–Trinajstić information content (AvgIpc) is 3.27. The minimum Gasteiger partial charge on any atom is -0.361 e. The predicted octanol–water partition coefficient (Wildman–Crippen LogP) is 4.25. The number of nitrogens with one attached hydrogen (secondary N) is 1. The number of sulfone groups is 1. The lowest BCUT2D eigenvalue weighted by atomic mass is 10.0. The monoisotopic (exact) mass is 380 g/mol. The van der Waals surface area contributed by atoms with Crippen LogP contribution in [0.15, 0.2) is 65.0 Å². The van der Waals surface area contributed by atoms with Crippen molar-refractivity contribution in [3.63, 3.8) is 0 Å². The molecule has 4 nitrogen and oxygen atoms in total. The maximum atomic E-state index is 12.5. The van der Waals surface area contributed by atoms with Crippen LogP contribution in [-0.2, 0) is 16.3 Å². The molecule has 1 aliphatic rings. The van der Waals surface area contributed by atoms with Crippen molar-refractivity contribution in [1.29, 1.82) is 0 Å². The van der Waals surface area contributed by atoms with Crippen LogP contribution >= 0.6 is 0 Å². The van der Waals surface area contributed by atoms with Gasteiger partial charge in [-0.25, -0.2) is 8.42 Å². The van der Waals surface area contributed by atoms with Crippen molar-refractivity contribution < 1.29 is 8.42 Å². The van der Waals surface area contributed by atoms with E-state index >= 15 is 0 Å². The van der Waals surface area contributed by atoms with Crippen LogP contribution in [-0.4, -0.2) is 37.9 Å². The van der Waals surface area contributed by atoms with Crippen LogP contribution in [0, 0.1) is 0 Å². The Labute approximate surface area is 160 Å². The number of benzene rings is 2. The zero-order valence-corrected chi connectivity index (χ0v) is 16.2. The summed E-state index contributed by atoms with van der Waals surface area (Å²) in [7, 11) is -1.24. The van der Waals surface area contributed by atoms with E-state index in [0.29, 0.717) is 10.9 Å². The topological polar surface area (TPSA) is 53.2 Å². The Balaban J connectivity index is 1.60. The summed E-state index contributed by atoms with van der Waals surface area (Å²) in [6.07, 6.45) is 7.28. The van der Waals surface area contributed by atoms with Gasteiger partial charge in [0, 0.05) is 28.5 Å². The van der Waals surface area contributed by atoms with Gasteiger partial charge >= 0.3 is 0 Å². The maximum absolute atomic E-state index is 12.5. The minimum absolute atomic E-state index is 0.314. The molecule has 5 heteroatoms. The van der Waals surface area contributed by atoms with Gasteiger partial charge in [0.1, 0.15) is 0 Å². The van der Waals surface area contributed by atoms with Crippen LogP contribution in [0.1, 0.15) is 24.0 Å². The van der Waals surface area contributed by atoms with Crippen LogP contribution in [0.3, 0.4) is 0 Å². The van der Waals surface area contributed by atoms with Crippen LogP contribution in [0.2, 0.25) is 0 Å². The van der Waals surface area contributed by atoms with Crippen molar-refractivity contribution >= 4 is 26.8 Å². The Kier molecular flexibility index (Phi) is 4.89. The summed E-state index contributed by atoms with van der Waals surface area (Å²) in [4.78, 5) is 6.08. The minimum atomic E-state index is -3.43. The van der Waals surface area contributed by atoms with E-state index in [1.165, 1.54) is 35.7 Å². The van der Waals surface area contributed by atoms with Gasteiger partial charge in [0.25, 0.3) is 0 Å². The zero-order valence-electron chi connectivity index (χ0n) is 15.4. The van der Waals surface area contributed by atoms with Gasteiger partial charge in [0.05, 0.1) is 4.90 Å². The summed E-state index contributed by atoms with van der Waals surface area (Å²) in [5.74, 6) is 0. The van der Waals surface area contributed by atoms with Crippen molar-refractivity contribution in [2.75, 3.05) is 13.6 Å². The molecule has 0 radical (unpaired) electrons. The average molecular weight is 381 g/mol. The summed E-state index contributed by atoms with van der Waals surface area (Å²) in [5.41, 5.74) is 3.28. The predicted molar refractivity (Wildman–Crippen MR) is 110 cm³/mol. The molecule has 0 spiro atoms. The van der Waals surface area contributed by atoms with Crippen molar-refractivity contribution in [2.45, 2.75) is 30.2 Å². The van der Waals surface area contributed by atoms with Gasteiger partial charge in [0.2, 0.25) is 0 Å². The molecule has 1 aliphatic heterocycles. The molecule has 0 saturated carbocycles. The number of H-pyrrole nitrogens is 1. The fraction of sp³-hybridized carbons (Fsp3) is 0.273. The van der Waals surface area contributed by atoms with Gasteiger partial charge in [-0.05, 0) is 74.3 Å². The smallest absolute Gasteiger partial charge is 0.199 e. The molecule has 1 aromatic heterocycles. The summed E-state index contributed by atoms with van der Waals surface area (Å²) >= 11 is 0. The molecule has 4 rings (SSSR count). The first kappa shape index (κ1) is 18.0. The zero-order chi connectivity index (χ0) is 18.9. The van der Waals surface area contributed by atoms with Crippen LogP contribution in [0.25, 0.3) is 17.0 Å². The molecule has 1 atom stereocenters. The van der Waals surface area contributed by atoms with E-state index in [9.17, 15) is 8.42 Å². The van der Waals surface area contributed by atoms with Gasteiger partial charge < -0.3 is 9.88 Å². The largest absolute Gasteiger partial charge is 0.361 e. The van der Waals surface area contributed by atoms with Crippen LogP contribution in [0.5, 0.6) is 0 Å². The van der Waals surface area contributed by atoms with E-state index < -0.39 is 9.84 Å². The van der Waals surface area contributed by atoms with Gasteiger partial charge in [0.15, 0.2) is 9.84 Å². The first-order valence-corrected chi connectivity index (χ1v) is 10.9. The van der Waals surface area contributed by atoms with Gasteiger partial charge in [-0.1, -0.05) is 24.3 Å². The second kappa shape index (κ2) is 7.33. The fourth-order valence-corrected chi connectivity index (χ4v) is 4.85. The quantitative estimate of drug-likeness (QED) is 0.720. The Hall–Kier alpha value is -2.37. The molecule has 0 aliphatic carbocycles. The van der Waals surface area contributed by atoms with Crippen molar-refractivity contribution in [3.8, 4) is 0 Å². The van der Waals surface area contributed by atoms with E-state index in [0.717, 1.165) is 17.5 Å². The van der Waals surface area contributed by atoms with E-state index in [-0.39, 0.29) is 0 Å². The van der Waals surface area contributed by atoms with Crippen molar-refractivity contribution in [2.24, 2.45) is 0 Å². The third kappa shape index (κ3) is 3.84. The molecule has 27 heavy (non-hydrogen) atoms. The van der Waals surface area contributed by atoms with E-state index in [2.05, 4.69) is 29.2 Å². The molecule has 0 bridgehead atoms. The van der Waals surface area contributed by atoms with E-state index in [4.69, 9.17) is 0 Å². The molecular weight excluding hydrogens is 356 g/mol. The molecule has 1 fully saturated rings. The summed E-state index contributed by atoms with van der Waals surface area (Å²) in [6, 6.07) is 15.1. The second-order valence-electron chi connectivity index (χ2n) is 7.26. The number of likely N-dealkylation sites (tertiary alicyclic amines) is 1. The number of likely N-dealkylation sites (N-methyl/N-ethyl adjacent to an activating group) is 1. The normalized spacial score (nSPS) is 18.6. The second-order valence-corrected chi connectivity index (χ2v) is 9.09. The summed E-state index contributed by atoms with van der Waals surface area (Å²) < 4.78 is 24.9. The third-order valence-electron chi connectivity index (χ3n) is 5.43. The highest BCUT2D eigenvalue weighted by molar-refractivity contribution is 7.94. The first-order valence-electron chi connectivity index (χ1n) is 9.31. The Morgan fingerprint density at radius 3 is 2.74 bits per heavy atom. The third-order valence-corrected chi connectivity index (χ3v) is 6.85. The van der Waals surface area contributed by atoms with E-state index in [1.807, 2.05) is 18.2 Å². The number of aromatic amines is 1. The number of rotatable bonds is 5. The highest BCUT2D eigenvalue weighted by Crippen LogP contribution is 2.26. The van der Waals surface area contributed by atoms with Gasteiger partial charge in [-0.3, -0.25) is 0 Å². The van der Waals surface area contributed by atoms with Crippen molar-refractivity contribution in [1.82, 2.24) is 9.88 Å². The highest BCUT2D eigenvalue weighted by atomic mass is 32.2. The lowest BCUT2D eigenvalue weighted by molar-refractivity contribution is 0.310. The Morgan fingerprint density at radius 2 is 2.00 bits per heavy atom. The summed E-state index contributed by atoms with van der Waals surface area (Å²) in [6.45, 7) is 1.17. The fourth-order valence-electron chi connectivity index (χ4n) is 3.82. The molecule has 3 aromatic rings. The molecule has 0 unspecified atom stereocenters. The van der Waals surface area contributed by atoms with Gasteiger partial charge in [-0.2, -0.15) is 0 Å². The van der Waals surface area contributed by atoms with E-state index in [1.54, 1.807) is 30.3 Å². The highest BCUT2D eigenvalue weighted by Gasteiger charge is 2.22. The SMILES string of the molecule is CN1CCC[C@@H]1Cc1c[nH]c2ccc(/C=C/S(=O)(=O)c3ccccc3)cc12. The molecule has 1 saturated heterocycles. The van der Waals surface area contributed by atoms with Crippen molar-refractivity contribution in [3.05, 3.63) is 71.3 Å². The van der Waals surface area contributed by atoms with Crippen LogP contribution < -0.4 is 0 Å². The lowest BCUT2D eigenvalue weighted by Gasteiger charge is -2.18. The number of fused-ring (bicyclic) bond motifs is 1. The Bertz CT molecular complexity index is 1070. The number of hydrogen-bond donors (Lipinski definition) is 1.